The molecule has 1 aromatic rings. The van der Waals surface area contributed by atoms with Gasteiger partial charge in [0.2, 0.25) is 11.8 Å². The lowest BCUT2D eigenvalue weighted by Crippen LogP contribution is -2.40. The summed E-state index contributed by atoms with van der Waals surface area (Å²) >= 11 is 0. The molecular weight excluding hydrogens is 256 g/mol. The van der Waals surface area contributed by atoms with Crippen molar-refractivity contribution in [2.75, 3.05) is 6.54 Å². The molecular formula is C14H18N4O2. The lowest BCUT2D eigenvalue weighted by molar-refractivity contribution is -0.134. The Morgan fingerprint density at radius 2 is 2.10 bits per heavy atom. The fraction of sp³-hybridized carbons (Fsp3) is 0.571. The Hall–Kier alpha value is -1.82. The van der Waals surface area contributed by atoms with Gasteiger partial charge in [0.25, 0.3) is 0 Å². The molecule has 2 unspecified atom stereocenters. The Morgan fingerprint density at radius 1 is 1.20 bits per heavy atom. The third-order valence-corrected chi connectivity index (χ3v) is 4.04. The Labute approximate surface area is 117 Å². The van der Waals surface area contributed by atoms with E-state index in [9.17, 15) is 9.59 Å². The maximum Gasteiger partial charge on any atom is 0.234 e. The molecule has 2 saturated heterocycles. The van der Waals surface area contributed by atoms with E-state index in [0.29, 0.717) is 12.8 Å². The Morgan fingerprint density at radius 3 is 2.85 bits per heavy atom. The van der Waals surface area contributed by atoms with Gasteiger partial charge in [-0.25, -0.2) is 0 Å². The molecule has 3 rings (SSSR count). The summed E-state index contributed by atoms with van der Waals surface area (Å²) in [7, 11) is 0. The molecule has 6 nitrogen and oxygen atoms in total. The van der Waals surface area contributed by atoms with Crippen LogP contribution >= 0.6 is 0 Å². The van der Waals surface area contributed by atoms with E-state index in [-0.39, 0.29) is 23.8 Å². The Bertz CT molecular complexity index is 526. The molecule has 2 N–H and O–H groups in total. The van der Waals surface area contributed by atoms with E-state index in [2.05, 4.69) is 20.8 Å². The second kappa shape index (κ2) is 5.66. The highest BCUT2D eigenvalue weighted by Gasteiger charge is 2.32. The summed E-state index contributed by atoms with van der Waals surface area (Å²) in [4.78, 5) is 23.3. The van der Waals surface area contributed by atoms with Crippen molar-refractivity contribution in [2.45, 2.75) is 44.1 Å². The third-order valence-electron chi connectivity index (χ3n) is 4.04. The van der Waals surface area contributed by atoms with Crippen molar-refractivity contribution in [2.24, 2.45) is 0 Å². The fourth-order valence-electron chi connectivity index (χ4n) is 2.99. The van der Waals surface area contributed by atoms with E-state index in [1.807, 2.05) is 6.07 Å². The molecule has 2 atom stereocenters. The van der Waals surface area contributed by atoms with Crippen LogP contribution in [0.25, 0.3) is 0 Å². The Kier molecular flexibility index (Phi) is 3.73. The van der Waals surface area contributed by atoms with Crippen molar-refractivity contribution in [3.63, 3.8) is 0 Å². The lowest BCUT2D eigenvalue weighted by Gasteiger charge is -2.28. The van der Waals surface area contributed by atoms with Gasteiger partial charge < -0.3 is 5.32 Å². The first-order valence-electron chi connectivity index (χ1n) is 7.14. The van der Waals surface area contributed by atoms with Crippen LogP contribution in [0.4, 0.5) is 0 Å². The van der Waals surface area contributed by atoms with Crippen LogP contribution in [0.3, 0.4) is 0 Å². The van der Waals surface area contributed by atoms with Crippen LogP contribution in [-0.2, 0) is 9.59 Å². The van der Waals surface area contributed by atoms with Crippen molar-refractivity contribution < 1.29 is 9.59 Å². The Balaban J connectivity index is 1.89. The topological polar surface area (TPSA) is 84.0 Å². The van der Waals surface area contributed by atoms with Gasteiger partial charge in [-0.1, -0.05) is 6.42 Å². The number of imide groups is 1. The van der Waals surface area contributed by atoms with Gasteiger partial charge in [-0.2, -0.15) is 10.2 Å². The monoisotopic (exact) mass is 274 g/mol. The van der Waals surface area contributed by atoms with Gasteiger partial charge in [0.05, 0.1) is 17.7 Å². The van der Waals surface area contributed by atoms with Crippen LogP contribution < -0.4 is 10.6 Å². The highest BCUT2D eigenvalue weighted by Crippen LogP contribution is 2.31. The summed E-state index contributed by atoms with van der Waals surface area (Å²) in [6, 6.07) is 2.02. The standard InChI is InChI=1S/C14H18N4O2/c19-12-5-4-10(14(20)17-12)9-6-8-16-18-13(9)11-3-1-2-7-15-11/h6,8,10-11,15H,1-5,7H2,(H,17,19,20). The molecule has 2 aliphatic rings. The summed E-state index contributed by atoms with van der Waals surface area (Å²) in [5.74, 6) is -0.696. The van der Waals surface area contributed by atoms with Gasteiger partial charge in [0, 0.05) is 12.6 Å². The first-order valence-corrected chi connectivity index (χ1v) is 7.14. The molecule has 0 bridgehead atoms. The summed E-state index contributed by atoms with van der Waals surface area (Å²) in [5.41, 5.74) is 1.77. The quantitative estimate of drug-likeness (QED) is 0.780. The summed E-state index contributed by atoms with van der Waals surface area (Å²) < 4.78 is 0. The summed E-state index contributed by atoms with van der Waals surface area (Å²) in [5, 5.41) is 14.1. The first kappa shape index (κ1) is 13.2. The molecule has 2 fully saturated rings. The predicted molar refractivity (Wildman–Crippen MR) is 71.8 cm³/mol. The van der Waals surface area contributed by atoms with Crippen molar-refractivity contribution in [3.05, 3.63) is 23.5 Å². The number of nitrogens with one attached hydrogen (secondary N) is 2. The largest absolute Gasteiger partial charge is 0.309 e. The predicted octanol–water partition coefficient (Wildman–Crippen LogP) is 0.811. The number of carbonyl (C=O) groups excluding carboxylic acids is 2. The highest BCUT2D eigenvalue weighted by atomic mass is 16.2. The molecule has 6 heteroatoms. The lowest BCUT2D eigenvalue weighted by atomic mass is 9.87. The number of hydrogen-bond donors (Lipinski definition) is 2. The molecule has 0 aromatic carbocycles. The van der Waals surface area contributed by atoms with Crippen LogP contribution in [0.5, 0.6) is 0 Å². The van der Waals surface area contributed by atoms with Gasteiger partial charge in [-0.15, -0.1) is 0 Å². The zero-order valence-corrected chi connectivity index (χ0v) is 11.3. The van der Waals surface area contributed by atoms with Gasteiger partial charge >= 0.3 is 0 Å². The maximum absolute atomic E-state index is 12.0. The molecule has 106 valence electrons. The highest BCUT2D eigenvalue weighted by molar-refractivity contribution is 6.01. The molecule has 2 aliphatic heterocycles. The minimum Gasteiger partial charge on any atom is -0.309 e. The number of amides is 2. The average Bonchev–Trinajstić information content (AvgIpc) is 2.48. The van der Waals surface area contributed by atoms with Crippen molar-refractivity contribution in [1.29, 1.82) is 0 Å². The molecule has 3 heterocycles. The third kappa shape index (κ3) is 2.56. The summed E-state index contributed by atoms with van der Waals surface area (Å²) in [6.45, 7) is 0.968. The molecule has 0 radical (unpaired) electrons. The number of carbonyl (C=O) groups is 2. The molecule has 20 heavy (non-hydrogen) atoms. The number of piperidine rings is 2. The summed E-state index contributed by atoms with van der Waals surface area (Å²) in [6.07, 6.45) is 5.89. The SMILES string of the molecule is O=C1CCC(c2ccnnc2C2CCCCN2)C(=O)N1. The molecule has 0 spiro atoms. The second-order valence-electron chi connectivity index (χ2n) is 5.38. The molecule has 0 aliphatic carbocycles. The van der Waals surface area contributed by atoms with Crippen LogP contribution in [0.15, 0.2) is 12.3 Å². The number of hydrogen-bond acceptors (Lipinski definition) is 5. The molecule has 1 aromatic heterocycles. The number of aromatic nitrogens is 2. The normalized spacial score (nSPS) is 27.2. The fourth-order valence-corrected chi connectivity index (χ4v) is 2.99. The smallest absolute Gasteiger partial charge is 0.234 e. The van der Waals surface area contributed by atoms with E-state index in [1.165, 1.54) is 6.42 Å². The van der Waals surface area contributed by atoms with Gasteiger partial charge in [-0.05, 0) is 37.4 Å². The van der Waals surface area contributed by atoms with Crippen LogP contribution in [0.2, 0.25) is 0 Å². The van der Waals surface area contributed by atoms with E-state index in [1.54, 1.807) is 6.20 Å². The van der Waals surface area contributed by atoms with Crippen molar-refractivity contribution in [3.8, 4) is 0 Å². The van der Waals surface area contributed by atoms with Gasteiger partial charge in [0.1, 0.15) is 0 Å². The average molecular weight is 274 g/mol. The van der Waals surface area contributed by atoms with E-state index < -0.39 is 0 Å². The minimum absolute atomic E-state index is 0.165. The first-order chi connectivity index (χ1) is 9.75. The molecule has 2 amide bonds. The zero-order chi connectivity index (χ0) is 13.9. The van der Waals surface area contributed by atoms with Gasteiger partial charge in [0.15, 0.2) is 0 Å². The van der Waals surface area contributed by atoms with Crippen LogP contribution in [0.1, 0.15) is 55.3 Å². The van der Waals surface area contributed by atoms with Crippen LogP contribution in [0, 0.1) is 0 Å². The van der Waals surface area contributed by atoms with E-state index in [0.717, 1.165) is 30.6 Å². The van der Waals surface area contributed by atoms with E-state index >= 15 is 0 Å². The zero-order valence-electron chi connectivity index (χ0n) is 11.3. The van der Waals surface area contributed by atoms with Crippen LogP contribution in [-0.4, -0.2) is 28.6 Å². The van der Waals surface area contributed by atoms with Crippen molar-refractivity contribution in [1.82, 2.24) is 20.8 Å². The molecule has 0 saturated carbocycles. The van der Waals surface area contributed by atoms with Gasteiger partial charge in [-0.3, -0.25) is 14.9 Å². The van der Waals surface area contributed by atoms with E-state index in [4.69, 9.17) is 0 Å². The second-order valence-corrected chi connectivity index (χ2v) is 5.38. The number of rotatable bonds is 2. The number of nitrogens with zero attached hydrogens (tertiary/aromatic N) is 2. The maximum atomic E-state index is 12.0. The van der Waals surface area contributed by atoms with Crippen molar-refractivity contribution >= 4 is 11.8 Å². The minimum atomic E-state index is -0.290.